The monoisotopic (exact) mass is 349 g/mol. The zero-order valence-corrected chi connectivity index (χ0v) is 16.0. The Balaban J connectivity index is 1.53. The van der Waals surface area contributed by atoms with Crippen molar-refractivity contribution in [1.82, 2.24) is 20.0 Å². The average Bonchev–Trinajstić information content (AvgIpc) is 3.03. The summed E-state index contributed by atoms with van der Waals surface area (Å²) in [6, 6.07) is 10.7. The fraction of sp³-hybridized carbons (Fsp3) is 0.333. The molecule has 5 heteroatoms. The Bertz CT molecular complexity index is 923. The van der Waals surface area contributed by atoms with Crippen LogP contribution < -0.4 is 10.6 Å². The smallest absolute Gasteiger partial charge is 0.191 e. The van der Waals surface area contributed by atoms with Crippen LogP contribution in [-0.2, 0) is 13.0 Å². The van der Waals surface area contributed by atoms with Gasteiger partial charge in [0.05, 0.1) is 5.69 Å². The van der Waals surface area contributed by atoms with Gasteiger partial charge in [-0.1, -0.05) is 29.8 Å². The van der Waals surface area contributed by atoms with Crippen LogP contribution in [0.15, 0.2) is 47.7 Å². The Labute approximate surface area is 155 Å². The van der Waals surface area contributed by atoms with E-state index in [9.17, 15) is 0 Å². The molecule has 0 aliphatic rings. The average molecular weight is 349 g/mol. The summed E-state index contributed by atoms with van der Waals surface area (Å²) >= 11 is 0. The van der Waals surface area contributed by atoms with Gasteiger partial charge in [-0.05, 0) is 43.5 Å². The third kappa shape index (κ3) is 4.23. The molecule has 3 aromatic rings. The number of benzene rings is 1. The van der Waals surface area contributed by atoms with Crippen LogP contribution in [0.2, 0.25) is 0 Å². The van der Waals surface area contributed by atoms with Crippen LogP contribution in [0.25, 0.3) is 5.65 Å². The third-order valence-corrected chi connectivity index (χ3v) is 4.57. The number of rotatable bonds is 5. The lowest BCUT2D eigenvalue weighted by atomic mass is 10.1. The number of hydrogen-bond donors (Lipinski definition) is 2. The van der Waals surface area contributed by atoms with E-state index in [4.69, 9.17) is 4.98 Å². The zero-order chi connectivity index (χ0) is 18.5. The van der Waals surface area contributed by atoms with Crippen molar-refractivity contribution in [2.45, 2.75) is 33.7 Å². The first-order chi connectivity index (χ1) is 12.6. The standard InChI is InChI=1S/C21H27N5/c1-15-7-8-18(17(3)12-15)13-24-21(22-4)23-10-9-19-14-26-11-5-6-16(2)20(26)25-19/h5-8,11-12,14H,9-10,13H2,1-4H3,(H2,22,23,24). The Morgan fingerprint density at radius 1 is 1.12 bits per heavy atom. The highest BCUT2D eigenvalue weighted by atomic mass is 15.2. The number of hydrogen-bond acceptors (Lipinski definition) is 2. The van der Waals surface area contributed by atoms with Gasteiger partial charge >= 0.3 is 0 Å². The summed E-state index contributed by atoms with van der Waals surface area (Å²) < 4.78 is 2.08. The molecule has 0 bridgehead atoms. The molecule has 136 valence electrons. The molecule has 0 saturated carbocycles. The normalized spacial score (nSPS) is 11.8. The van der Waals surface area contributed by atoms with Gasteiger partial charge in [0.25, 0.3) is 0 Å². The number of imidazole rings is 1. The van der Waals surface area contributed by atoms with Crippen molar-refractivity contribution in [3.05, 3.63) is 70.7 Å². The van der Waals surface area contributed by atoms with Gasteiger partial charge in [-0.25, -0.2) is 4.98 Å². The highest BCUT2D eigenvalue weighted by Crippen LogP contribution is 2.11. The predicted molar refractivity (Wildman–Crippen MR) is 108 cm³/mol. The number of guanidine groups is 1. The Morgan fingerprint density at radius 2 is 1.96 bits per heavy atom. The molecular formula is C21H27N5. The fourth-order valence-electron chi connectivity index (χ4n) is 3.08. The van der Waals surface area contributed by atoms with Gasteiger partial charge < -0.3 is 15.0 Å². The number of aromatic nitrogens is 2. The van der Waals surface area contributed by atoms with Crippen molar-refractivity contribution in [3.63, 3.8) is 0 Å². The van der Waals surface area contributed by atoms with Crippen LogP contribution in [0.5, 0.6) is 0 Å². The molecule has 0 atom stereocenters. The summed E-state index contributed by atoms with van der Waals surface area (Å²) in [7, 11) is 1.80. The van der Waals surface area contributed by atoms with Crippen LogP contribution in [0.1, 0.15) is 27.9 Å². The highest BCUT2D eigenvalue weighted by Gasteiger charge is 2.05. The maximum atomic E-state index is 4.71. The Morgan fingerprint density at radius 3 is 2.69 bits per heavy atom. The summed E-state index contributed by atoms with van der Waals surface area (Å²) in [5.74, 6) is 0.810. The first-order valence-electron chi connectivity index (χ1n) is 9.00. The summed E-state index contributed by atoms with van der Waals surface area (Å²) in [4.78, 5) is 9.02. The highest BCUT2D eigenvalue weighted by molar-refractivity contribution is 5.79. The van der Waals surface area contributed by atoms with Gasteiger partial charge in [-0.15, -0.1) is 0 Å². The molecule has 2 heterocycles. The van der Waals surface area contributed by atoms with E-state index in [0.29, 0.717) is 0 Å². The van der Waals surface area contributed by atoms with E-state index in [-0.39, 0.29) is 0 Å². The molecule has 2 aromatic heterocycles. The van der Waals surface area contributed by atoms with Crippen molar-refractivity contribution >= 4 is 11.6 Å². The van der Waals surface area contributed by atoms with Crippen molar-refractivity contribution in [1.29, 1.82) is 0 Å². The van der Waals surface area contributed by atoms with Gasteiger partial charge in [-0.2, -0.15) is 0 Å². The fourth-order valence-corrected chi connectivity index (χ4v) is 3.08. The van der Waals surface area contributed by atoms with Gasteiger partial charge in [0.2, 0.25) is 0 Å². The Kier molecular flexibility index (Phi) is 5.56. The second kappa shape index (κ2) is 8.04. The molecule has 0 radical (unpaired) electrons. The van der Waals surface area contributed by atoms with Crippen molar-refractivity contribution in [3.8, 4) is 0 Å². The number of nitrogens with zero attached hydrogens (tertiary/aromatic N) is 3. The largest absolute Gasteiger partial charge is 0.356 e. The first kappa shape index (κ1) is 18.0. The SMILES string of the molecule is CN=C(NCCc1cn2cccc(C)c2n1)NCc1ccc(C)cc1C. The molecule has 0 amide bonds. The number of fused-ring (bicyclic) bond motifs is 1. The maximum Gasteiger partial charge on any atom is 0.191 e. The Hall–Kier alpha value is -2.82. The van der Waals surface area contributed by atoms with E-state index in [1.165, 1.54) is 22.3 Å². The molecule has 0 aliphatic heterocycles. The number of pyridine rings is 1. The molecule has 0 unspecified atom stereocenters. The van der Waals surface area contributed by atoms with Crippen LogP contribution in [-0.4, -0.2) is 28.9 Å². The molecule has 26 heavy (non-hydrogen) atoms. The van der Waals surface area contributed by atoms with Crippen molar-refractivity contribution in [2.75, 3.05) is 13.6 Å². The summed E-state index contributed by atoms with van der Waals surface area (Å²) in [6.45, 7) is 7.90. The minimum atomic E-state index is 0.763. The zero-order valence-electron chi connectivity index (χ0n) is 16.0. The second-order valence-electron chi connectivity index (χ2n) is 6.69. The minimum Gasteiger partial charge on any atom is -0.356 e. The topological polar surface area (TPSA) is 53.7 Å². The van der Waals surface area contributed by atoms with Crippen LogP contribution in [0, 0.1) is 20.8 Å². The first-order valence-corrected chi connectivity index (χ1v) is 9.00. The number of aryl methyl sites for hydroxylation is 3. The van der Waals surface area contributed by atoms with Crippen LogP contribution in [0.4, 0.5) is 0 Å². The predicted octanol–water partition coefficient (Wildman–Crippen LogP) is 3.17. The summed E-state index contributed by atoms with van der Waals surface area (Å²) in [5.41, 5.74) is 7.17. The molecule has 0 aliphatic carbocycles. The molecule has 0 saturated heterocycles. The lowest BCUT2D eigenvalue weighted by Crippen LogP contribution is -2.38. The van der Waals surface area contributed by atoms with Gasteiger partial charge in [-0.3, -0.25) is 4.99 Å². The molecule has 3 rings (SSSR count). The van der Waals surface area contributed by atoms with E-state index in [1.807, 2.05) is 12.3 Å². The molecule has 5 nitrogen and oxygen atoms in total. The second-order valence-corrected chi connectivity index (χ2v) is 6.69. The summed E-state index contributed by atoms with van der Waals surface area (Å²) in [6.07, 6.45) is 4.98. The van der Waals surface area contributed by atoms with E-state index in [1.54, 1.807) is 7.05 Å². The van der Waals surface area contributed by atoms with Crippen molar-refractivity contribution in [2.24, 2.45) is 4.99 Å². The molecular weight excluding hydrogens is 322 g/mol. The van der Waals surface area contributed by atoms with Gasteiger partial charge in [0.15, 0.2) is 5.96 Å². The maximum absolute atomic E-state index is 4.71. The van der Waals surface area contributed by atoms with Crippen LogP contribution >= 0.6 is 0 Å². The van der Waals surface area contributed by atoms with Gasteiger partial charge in [0.1, 0.15) is 5.65 Å². The lowest BCUT2D eigenvalue weighted by Gasteiger charge is -2.13. The van der Waals surface area contributed by atoms with Crippen LogP contribution in [0.3, 0.4) is 0 Å². The number of nitrogens with one attached hydrogen (secondary N) is 2. The van der Waals surface area contributed by atoms with Gasteiger partial charge in [0, 0.05) is 39.0 Å². The minimum absolute atomic E-state index is 0.763. The van der Waals surface area contributed by atoms with Crippen molar-refractivity contribution < 1.29 is 0 Å². The summed E-state index contributed by atoms with van der Waals surface area (Å²) in [5, 5.41) is 6.75. The quantitative estimate of drug-likeness (QED) is 0.549. The third-order valence-electron chi connectivity index (χ3n) is 4.57. The lowest BCUT2D eigenvalue weighted by molar-refractivity contribution is 0.785. The van der Waals surface area contributed by atoms with E-state index < -0.39 is 0 Å². The van der Waals surface area contributed by atoms with E-state index in [0.717, 1.165) is 36.8 Å². The van der Waals surface area contributed by atoms with E-state index >= 15 is 0 Å². The molecule has 1 aromatic carbocycles. The molecule has 0 fully saturated rings. The molecule has 0 spiro atoms. The number of aliphatic imine (C=N–C) groups is 1. The van der Waals surface area contributed by atoms with E-state index in [2.05, 4.69) is 71.3 Å². The molecule has 2 N–H and O–H groups in total.